The maximum absolute atomic E-state index is 13.0. The van der Waals surface area contributed by atoms with Gasteiger partial charge in [0.25, 0.3) is 11.8 Å². The molecule has 2 aromatic carbocycles. The number of carbonyl (C=O) groups is 4. The van der Waals surface area contributed by atoms with Crippen molar-refractivity contribution in [2.75, 3.05) is 30.4 Å². The van der Waals surface area contributed by atoms with Gasteiger partial charge < -0.3 is 26.0 Å². The molecule has 5 N–H and O–H groups in total. The van der Waals surface area contributed by atoms with Crippen LogP contribution in [0.2, 0.25) is 0 Å². The highest BCUT2D eigenvalue weighted by Crippen LogP contribution is 2.28. The van der Waals surface area contributed by atoms with Crippen LogP contribution in [0.4, 0.5) is 11.4 Å². The number of fused-ring (bicyclic) bond motifs is 1. The van der Waals surface area contributed by atoms with Crippen molar-refractivity contribution >= 4 is 40.9 Å². The van der Waals surface area contributed by atoms with Gasteiger partial charge in [-0.25, -0.2) is 0 Å². The molecule has 0 saturated heterocycles. The maximum Gasteiger partial charge on any atom is 0.305 e. The van der Waals surface area contributed by atoms with Crippen LogP contribution in [0.25, 0.3) is 0 Å². The van der Waals surface area contributed by atoms with Crippen LogP contribution < -0.4 is 16.0 Å². The molecule has 160 valence electrons. The molecular formula is C21H21N5O5. The molecule has 3 amide bonds. The summed E-state index contributed by atoms with van der Waals surface area (Å²) in [6.07, 6.45) is -0.291. The molecule has 0 fully saturated rings. The Balaban J connectivity index is 1.89. The Bertz CT molecular complexity index is 1100. The number of benzene rings is 2. The Morgan fingerprint density at radius 2 is 1.87 bits per heavy atom. The van der Waals surface area contributed by atoms with E-state index in [4.69, 9.17) is 16.2 Å². The van der Waals surface area contributed by atoms with Crippen molar-refractivity contribution in [2.45, 2.75) is 6.42 Å². The fraction of sp³-hybridized carbons (Fsp3) is 0.190. The molecule has 0 saturated carbocycles. The number of nitrogens with two attached hydrogens (primary N) is 1. The van der Waals surface area contributed by atoms with E-state index in [1.165, 1.54) is 29.0 Å². The number of hydrogen-bond acceptors (Lipinski definition) is 5. The Kier molecular flexibility index (Phi) is 6.00. The standard InChI is InChI=1S/C21H21N5O5/c1-25-16-6-5-14(24-20(30)13-4-2-3-12(9-13)19(22)23)10-15(16)21(31)26(11-17(25)27)8-7-18(28)29/h2-6,9-10H,7-8,11H2,1H3,(H3,22,23)(H,24,30)(H,28,29). The second-order valence-electron chi connectivity index (χ2n) is 7.00. The number of nitrogens with zero attached hydrogens (tertiary/aromatic N) is 2. The van der Waals surface area contributed by atoms with Gasteiger partial charge in [-0.05, 0) is 30.3 Å². The summed E-state index contributed by atoms with van der Waals surface area (Å²) in [4.78, 5) is 51.4. The molecule has 0 aliphatic carbocycles. The monoisotopic (exact) mass is 423 g/mol. The molecule has 1 aliphatic rings. The summed E-state index contributed by atoms with van der Waals surface area (Å²) < 4.78 is 0. The first-order chi connectivity index (χ1) is 14.7. The van der Waals surface area contributed by atoms with Gasteiger partial charge in [-0.3, -0.25) is 24.6 Å². The van der Waals surface area contributed by atoms with Crippen LogP contribution in [0, 0.1) is 5.41 Å². The first kappa shape index (κ1) is 21.5. The van der Waals surface area contributed by atoms with Crippen molar-refractivity contribution < 1.29 is 24.3 Å². The van der Waals surface area contributed by atoms with Gasteiger partial charge in [-0.15, -0.1) is 0 Å². The van der Waals surface area contributed by atoms with Crippen molar-refractivity contribution in [3.8, 4) is 0 Å². The minimum atomic E-state index is -1.08. The molecule has 3 rings (SSSR count). The largest absolute Gasteiger partial charge is 0.481 e. The Morgan fingerprint density at radius 1 is 1.16 bits per heavy atom. The third-order valence-corrected chi connectivity index (χ3v) is 4.86. The summed E-state index contributed by atoms with van der Waals surface area (Å²) in [6, 6.07) is 10.8. The van der Waals surface area contributed by atoms with E-state index < -0.39 is 17.8 Å². The quantitative estimate of drug-likeness (QED) is 0.403. The normalized spacial score (nSPS) is 13.5. The third kappa shape index (κ3) is 4.69. The zero-order valence-corrected chi connectivity index (χ0v) is 16.7. The van der Waals surface area contributed by atoms with Crippen molar-refractivity contribution in [1.82, 2.24) is 4.90 Å². The molecule has 2 aromatic rings. The lowest BCUT2D eigenvalue weighted by Crippen LogP contribution is -2.38. The number of anilines is 2. The Morgan fingerprint density at radius 3 is 2.55 bits per heavy atom. The van der Waals surface area contributed by atoms with Crippen molar-refractivity contribution in [2.24, 2.45) is 5.73 Å². The lowest BCUT2D eigenvalue weighted by atomic mass is 10.1. The van der Waals surface area contributed by atoms with Crippen LogP contribution in [-0.2, 0) is 9.59 Å². The Labute approximate surface area is 177 Å². The summed E-state index contributed by atoms with van der Waals surface area (Å²) in [5.74, 6) is -2.55. The number of carbonyl (C=O) groups excluding carboxylic acids is 3. The second-order valence-corrected chi connectivity index (χ2v) is 7.00. The molecule has 0 aromatic heterocycles. The average Bonchev–Trinajstić information content (AvgIpc) is 2.83. The number of carboxylic acids is 1. The summed E-state index contributed by atoms with van der Waals surface area (Å²) in [7, 11) is 1.53. The molecule has 0 atom stereocenters. The maximum atomic E-state index is 13.0. The minimum absolute atomic E-state index is 0.110. The molecule has 0 unspecified atom stereocenters. The smallest absolute Gasteiger partial charge is 0.305 e. The SMILES string of the molecule is CN1C(=O)CN(CCC(=O)O)C(=O)c2cc(NC(=O)c3cccc(C(=N)N)c3)ccc21. The number of nitrogens with one attached hydrogen (secondary N) is 2. The third-order valence-electron chi connectivity index (χ3n) is 4.86. The number of amides is 3. The fourth-order valence-electron chi connectivity index (χ4n) is 3.17. The number of carboxylic acid groups (broad SMARTS) is 1. The predicted octanol–water partition coefficient (Wildman–Crippen LogP) is 1.12. The molecular weight excluding hydrogens is 402 g/mol. The van der Waals surface area contributed by atoms with Crippen LogP contribution in [-0.4, -0.2) is 59.7 Å². The Hall–Kier alpha value is -4.21. The number of likely N-dealkylation sites (N-methyl/N-ethyl adjacent to an activating group) is 1. The molecule has 31 heavy (non-hydrogen) atoms. The summed E-state index contributed by atoms with van der Waals surface area (Å²) in [6.45, 7) is -0.349. The number of hydrogen-bond donors (Lipinski definition) is 4. The topological polar surface area (TPSA) is 157 Å². The molecule has 0 spiro atoms. The highest BCUT2D eigenvalue weighted by Gasteiger charge is 2.30. The molecule has 1 heterocycles. The van der Waals surface area contributed by atoms with Gasteiger partial charge in [-0.1, -0.05) is 12.1 Å². The van der Waals surface area contributed by atoms with Crippen LogP contribution in [0.5, 0.6) is 0 Å². The zero-order chi connectivity index (χ0) is 22.7. The average molecular weight is 423 g/mol. The van der Waals surface area contributed by atoms with Gasteiger partial charge in [0.1, 0.15) is 12.4 Å². The lowest BCUT2D eigenvalue weighted by molar-refractivity contribution is -0.137. The van der Waals surface area contributed by atoms with Gasteiger partial charge in [0, 0.05) is 30.4 Å². The number of aliphatic carboxylic acids is 1. The second kappa shape index (κ2) is 8.66. The van der Waals surface area contributed by atoms with E-state index in [0.29, 0.717) is 16.9 Å². The molecule has 1 aliphatic heterocycles. The lowest BCUT2D eigenvalue weighted by Gasteiger charge is -2.19. The van der Waals surface area contributed by atoms with Crippen LogP contribution in [0.15, 0.2) is 42.5 Å². The van der Waals surface area contributed by atoms with Gasteiger partial charge in [0.05, 0.1) is 17.7 Å². The molecule has 10 heteroatoms. The first-order valence-electron chi connectivity index (χ1n) is 9.35. The minimum Gasteiger partial charge on any atom is -0.481 e. The molecule has 0 radical (unpaired) electrons. The van der Waals surface area contributed by atoms with Crippen molar-refractivity contribution in [3.63, 3.8) is 0 Å². The summed E-state index contributed by atoms with van der Waals surface area (Å²) in [5, 5.41) is 19.1. The summed E-state index contributed by atoms with van der Waals surface area (Å²) >= 11 is 0. The van der Waals surface area contributed by atoms with E-state index in [-0.39, 0.29) is 42.4 Å². The van der Waals surface area contributed by atoms with Crippen molar-refractivity contribution in [3.05, 3.63) is 59.2 Å². The predicted molar refractivity (Wildman–Crippen MR) is 113 cm³/mol. The van der Waals surface area contributed by atoms with Crippen LogP contribution >= 0.6 is 0 Å². The highest BCUT2D eigenvalue weighted by atomic mass is 16.4. The number of nitrogen functional groups attached to an aromatic ring is 1. The van der Waals surface area contributed by atoms with E-state index in [1.54, 1.807) is 30.3 Å². The fourth-order valence-corrected chi connectivity index (χ4v) is 3.17. The van der Waals surface area contributed by atoms with E-state index >= 15 is 0 Å². The van der Waals surface area contributed by atoms with Crippen LogP contribution in [0.1, 0.15) is 32.7 Å². The van der Waals surface area contributed by atoms with Gasteiger partial charge in [-0.2, -0.15) is 0 Å². The number of amidine groups is 1. The van der Waals surface area contributed by atoms with E-state index in [0.717, 1.165) is 0 Å². The zero-order valence-electron chi connectivity index (χ0n) is 16.7. The van der Waals surface area contributed by atoms with Gasteiger partial charge in [0.2, 0.25) is 5.91 Å². The van der Waals surface area contributed by atoms with Gasteiger partial charge >= 0.3 is 5.97 Å². The highest BCUT2D eigenvalue weighted by molar-refractivity contribution is 6.11. The summed E-state index contributed by atoms with van der Waals surface area (Å²) in [5.41, 5.74) is 7.01. The van der Waals surface area contributed by atoms with E-state index in [1.807, 2.05) is 0 Å². The molecule has 0 bridgehead atoms. The van der Waals surface area contributed by atoms with Gasteiger partial charge in [0.15, 0.2) is 0 Å². The van der Waals surface area contributed by atoms with E-state index in [9.17, 15) is 19.2 Å². The first-order valence-corrected chi connectivity index (χ1v) is 9.35. The van der Waals surface area contributed by atoms with Crippen LogP contribution in [0.3, 0.4) is 0 Å². The number of rotatable bonds is 6. The molecule has 10 nitrogen and oxygen atoms in total. The van der Waals surface area contributed by atoms with E-state index in [2.05, 4.69) is 5.32 Å². The van der Waals surface area contributed by atoms with Crippen molar-refractivity contribution in [1.29, 1.82) is 5.41 Å².